The maximum Gasteiger partial charge on any atom is 0.0348 e. The molecule has 1 aromatic rings. The highest BCUT2D eigenvalue weighted by Crippen LogP contribution is 2.34. The molecule has 1 atom stereocenters. The van der Waals surface area contributed by atoms with Gasteiger partial charge >= 0.3 is 0 Å². The van der Waals surface area contributed by atoms with E-state index in [4.69, 9.17) is 0 Å². The molecule has 2 rings (SSSR count). The molecule has 1 aromatic carbocycles. The van der Waals surface area contributed by atoms with Gasteiger partial charge in [0.05, 0.1) is 0 Å². The average molecular weight is 231 g/mol. The SMILES string of the molecule is CCNC(c1ccc(C)cc1)C1CCCCC1. The Balaban J connectivity index is 2.12. The van der Waals surface area contributed by atoms with Gasteiger partial charge in [0.25, 0.3) is 0 Å². The first-order valence-electron chi connectivity index (χ1n) is 7.11. The summed E-state index contributed by atoms with van der Waals surface area (Å²) in [5, 5.41) is 3.69. The van der Waals surface area contributed by atoms with Gasteiger partial charge in [-0.2, -0.15) is 0 Å². The fraction of sp³-hybridized carbons (Fsp3) is 0.625. The molecule has 1 saturated carbocycles. The van der Waals surface area contributed by atoms with E-state index in [2.05, 4.69) is 43.4 Å². The van der Waals surface area contributed by atoms with Crippen molar-refractivity contribution >= 4 is 0 Å². The second-order valence-corrected chi connectivity index (χ2v) is 5.34. The van der Waals surface area contributed by atoms with Crippen molar-refractivity contribution in [1.82, 2.24) is 5.32 Å². The van der Waals surface area contributed by atoms with Crippen molar-refractivity contribution in [2.24, 2.45) is 5.92 Å². The highest BCUT2D eigenvalue weighted by molar-refractivity contribution is 5.24. The summed E-state index contributed by atoms with van der Waals surface area (Å²) in [6.07, 6.45) is 7.05. The van der Waals surface area contributed by atoms with E-state index < -0.39 is 0 Å². The Labute approximate surface area is 106 Å². The number of nitrogens with one attached hydrogen (secondary N) is 1. The minimum atomic E-state index is 0.570. The molecule has 1 nitrogen and oxygen atoms in total. The highest BCUT2D eigenvalue weighted by Gasteiger charge is 2.23. The summed E-state index contributed by atoms with van der Waals surface area (Å²) in [6, 6.07) is 9.65. The minimum absolute atomic E-state index is 0.570. The van der Waals surface area contributed by atoms with E-state index in [1.54, 1.807) is 0 Å². The number of aryl methyl sites for hydroxylation is 1. The van der Waals surface area contributed by atoms with Crippen molar-refractivity contribution in [1.29, 1.82) is 0 Å². The van der Waals surface area contributed by atoms with Gasteiger partial charge in [-0.3, -0.25) is 0 Å². The van der Waals surface area contributed by atoms with Gasteiger partial charge in [0.15, 0.2) is 0 Å². The molecule has 1 N–H and O–H groups in total. The van der Waals surface area contributed by atoms with E-state index in [1.807, 2.05) is 0 Å². The van der Waals surface area contributed by atoms with Gasteiger partial charge in [0.1, 0.15) is 0 Å². The van der Waals surface area contributed by atoms with Crippen LogP contribution < -0.4 is 5.32 Å². The summed E-state index contributed by atoms with van der Waals surface area (Å²) in [6.45, 7) is 5.44. The summed E-state index contributed by atoms with van der Waals surface area (Å²) < 4.78 is 0. The van der Waals surface area contributed by atoms with Crippen molar-refractivity contribution in [2.45, 2.75) is 52.0 Å². The molecule has 1 aliphatic rings. The van der Waals surface area contributed by atoms with Gasteiger partial charge in [0.2, 0.25) is 0 Å². The van der Waals surface area contributed by atoms with Crippen molar-refractivity contribution in [3.63, 3.8) is 0 Å². The first-order chi connectivity index (χ1) is 8.31. The van der Waals surface area contributed by atoms with Crippen LogP contribution in [-0.2, 0) is 0 Å². The second kappa shape index (κ2) is 6.20. The topological polar surface area (TPSA) is 12.0 Å². The smallest absolute Gasteiger partial charge is 0.0348 e. The molecule has 1 fully saturated rings. The summed E-state index contributed by atoms with van der Waals surface area (Å²) in [4.78, 5) is 0. The lowest BCUT2D eigenvalue weighted by molar-refractivity contribution is 0.274. The molecule has 0 radical (unpaired) electrons. The zero-order valence-corrected chi connectivity index (χ0v) is 11.2. The van der Waals surface area contributed by atoms with Gasteiger partial charge in [-0.05, 0) is 37.8 Å². The van der Waals surface area contributed by atoms with Crippen LogP contribution >= 0.6 is 0 Å². The molecule has 1 aliphatic carbocycles. The molecule has 1 heteroatoms. The van der Waals surface area contributed by atoms with Crippen LogP contribution in [0, 0.1) is 12.8 Å². The third-order valence-electron chi connectivity index (χ3n) is 3.98. The molecule has 0 aliphatic heterocycles. The predicted molar refractivity (Wildman–Crippen MR) is 74.2 cm³/mol. The molecule has 0 aromatic heterocycles. The van der Waals surface area contributed by atoms with E-state index in [0.717, 1.165) is 12.5 Å². The van der Waals surface area contributed by atoms with Crippen molar-refractivity contribution < 1.29 is 0 Å². The normalized spacial score (nSPS) is 19.2. The Hall–Kier alpha value is -0.820. The van der Waals surface area contributed by atoms with Gasteiger partial charge in [-0.1, -0.05) is 56.0 Å². The van der Waals surface area contributed by atoms with Gasteiger partial charge < -0.3 is 5.32 Å². The molecule has 1 unspecified atom stereocenters. The van der Waals surface area contributed by atoms with Crippen molar-refractivity contribution in [3.8, 4) is 0 Å². The minimum Gasteiger partial charge on any atom is -0.310 e. The Morgan fingerprint density at radius 2 is 1.76 bits per heavy atom. The van der Waals surface area contributed by atoms with Crippen molar-refractivity contribution in [3.05, 3.63) is 35.4 Å². The molecular weight excluding hydrogens is 206 g/mol. The van der Waals surface area contributed by atoms with Crippen LogP contribution in [0.5, 0.6) is 0 Å². The fourth-order valence-electron chi connectivity index (χ4n) is 3.02. The standard InChI is InChI=1S/C16H25N/c1-3-17-16(14-7-5-4-6-8-14)15-11-9-13(2)10-12-15/h9-12,14,16-17H,3-8H2,1-2H3. The molecule has 94 valence electrons. The van der Waals surface area contributed by atoms with Crippen LogP contribution in [0.15, 0.2) is 24.3 Å². The van der Waals surface area contributed by atoms with E-state index in [1.165, 1.54) is 43.2 Å². The van der Waals surface area contributed by atoms with Crippen LogP contribution in [0.25, 0.3) is 0 Å². The maximum atomic E-state index is 3.69. The van der Waals surface area contributed by atoms with E-state index >= 15 is 0 Å². The van der Waals surface area contributed by atoms with Crippen LogP contribution in [0.3, 0.4) is 0 Å². The Kier molecular flexibility index (Phi) is 4.61. The maximum absolute atomic E-state index is 3.69. The lowest BCUT2D eigenvalue weighted by Gasteiger charge is -2.31. The monoisotopic (exact) mass is 231 g/mol. The summed E-state index contributed by atoms with van der Waals surface area (Å²) in [7, 11) is 0. The molecule has 0 amide bonds. The van der Waals surface area contributed by atoms with Crippen LogP contribution in [0.2, 0.25) is 0 Å². The third-order valence-corrected chi connectivity index (χ3v) is 3.98. The lowest BCUT2D eigenvalue weighted by atomic mass is 9.81. The highest BCUT2D eigenvalue weighted by atomic mass is 14.9. The van der Waals surface area contributed by atoms with E-state index in [9.17, 15) is 0 Å². The number of hydrogen-bond acceptors (Lipinski definition) is 1. The zero-order chi connectivity index (χ0) is 12.1. The summed E-state index contributed by atoms with van der Waals surface area (Å²) in [5.41, 5.74) is 2.83. The van der Waals surface area contributed by atoms with Crippen molar-refractivity contribution in [2.75, 3.05) is 6.54 Å². The van der Waals surface area contributed by atoms with E-state index in [0.29, 0.717) is 6.04 Å². The van der Waals surface area contributed by atoms with Crippen LogP contribution in [0.4, 0.5) is 0 Å². The Morgan fingerprint density at radius 1 is 1.12 bits per heavy atom. The average Bonchev–Trinajstić information content (AvgIpc) is 2.38. The fourth-order valence-corrected chi connectivity index (χ4v) is 3.02. The largest absolute Gasteiger partial charge is 0.310 e. The zero-order valence-electron chi connectivity index (χ0n) is 11.2. The Bertz CT molecular complexity index is 322. The number of benzene rings is 1. The summed E-state index contributed by atoms with van der Waals surface area (Å²) in [5.74, 6) is 0.839. The van der Waals surface area contributed by atoms with Gasteiger partial charge in [-0.15, -0.1) is 0 Å². The molecule has 0 heterocycles. The summed E-state index contributed by atoms with van der Waals surface area (Å²) >= 11 is 0. The first kappa shape index (κ1) is 12.6. The first-order valence-corrected chi connectivity index (χ1v) is 7.11. The lowest BCUT2D eigenvalue weighted by Crippen LogP contribution is -2.29. The number of hydrogen-bond donors (Lipinski definition) is 1. The molecular formula is C16H25N. The van der Waals surface area contributed by atoms with Crippen LogP contribution in [0.1, 0.15) is 56.2 Å². The predicted octanol–water partition coefficient (Wildman–Crippen LogP) is 4.23. The molecule has 0 bridgehead atoms. The van der Waals surface area contributed by atoms with Crippen LogP contribution in [-0.4, -0.2) is 6.54 Å². The quantitative estimate of drug-likeness (QED) is 0.818. The molecule has 17 heavy (non-hydrogen) atoms. The van der Waals surface area contributed by atoms with Gasteiger partial charge in [0, 0.05) is 6.04 Å². The molecule has 0 spiro atoms. The second-order valence-electron chi connectivity index (χ2n) is 5.34. The number of rotatable bonds is 4. The molecule has 0 saturated heterocycles. The Morgan fingerprint density at radius 3 is 2.35 bits per heavy atom. The van der Waals surface area contributed by atoms with E-state index in [-0.39, 0.29) is 0 Å². The van der Waals surface area contributed by atoms with Gasteiger partial charge in [-0.25, -0.2) is 0 Å². The third kappa shape index (κ3) is 3.32.